The lowest BCUT2D eigenvalue weighted by Crippen LogP contribution is -2.44. The van der Waals surface area contributed by atoms with Gasteiger partial charge < -0.3 is 28.8 Å². The quantitative estimate of drug-likeness (QED) is 0.444. The maximum Gasteiger partial charge on any atom is 0.184 e. The molecule has 0 bridgehead atoms. The Kier molecular flexibility index (Phi) is 9.05. The zero-order chi connectivity index (χ0) is 22.3. The molecule has 3 aliphatic heterocycles. The Balaban J connectivity index is 1.39. The van der Waals surface area contributed by atoms with Gasteiger partial charge in [-0.2, -0.15) is 0 Å². The standard InChI is InChI=1S/C26H40O6/c1-3-4-5-9-18(2)12-13-19-20-16-24(27)30-23(20)17-22(19)32-26-21(10-8-15-29-26)31-25-11-6-7-14-28-25/h12-13,18-27H,5-11,14-17H2,1-2H3/t18?,19-,20-,21?,22-,23+,24?,25?,26?/m1/s1. The fraction of sp³-hybridized carbons (Fsp3) is 0.846. The molecule has 1 N–H and O–H groups in total. The molecule has 0 amide bonds. The minimum atomic E-state index is -0.662. The summed E-state index contributed by atoms with van der Waals surface area (Å²) in [6, 6.07) is 0. The Morgan fingerprint density at radius 1 is 1.06 bits per heavy atom. The van der Waals surface area contributed by atoms with E-state index in [0.29, 0.717) is 18.9 Å². The molecule has 4 aliphatic rings. The Hall–Kier alpha value is -0.940. The van der Waals surface area contributed by atoms with Gasteiger partial charge in [-0.1, -0.05) is 19.1 Å². The zero-order valence-electron chi connectivity index (χ0n) is 19.6. The van der Waals surface area contributed by atoms with Crippen LogP contribution in [0.1, 0.15) is 71.6 Å². The summed E-state index contributed by atoms with van der Waals surface area (Å²) in [6.07, 6.45) is 11.8. The van der Waals surface area contributed by atoms with Gasteiger partial charge in [-0.3, -0.25) is 0 Å². The van der Waals surface area contributed by atoms with E-state index in [4.69, 9.17) is 23.7 Å². The van der Waals surface area contributed by atoms with Crippen LogP contribution in [0.3, 0.4) is 0 Å². The number of hydrogen-bond donors (Lipinski definition) is 1. The Morgan fingerprint density at radius 2 is 1.94 bits per heavy atom. The molecule has 5 unspecified atom stereocenters. The second-order valence-electron chi connectivity index (χ2n) is 9.70. The molecule has 9 atom stereocenters. The third kappa shape index (κ3) is 6.34. The summed E-state index contributed by atoms with van der Waals surface area (Å²) in [7, 11) is 0. The van der Waals surface area contributed by atoms with E-state index in [9.17, 15) is 5.11 Å². The number of hydrogen-bond acceptors (Lipinski definition) is 6. The fourth-order valence-corrected chi connectivity index (χ4v) is 5.46. The molecule has 1 aliphatic carbocycles. The van der Waals surface area contributed by atoms with Crippen LogP contribution in [0, 0.1) is 29.6 Å². The Labute approximate surface area is 193 Å². The molecule has 0 radical (unpaired) electrons. The van der Waals surface area contributed by atoms with Gasteiger partial charge in [-0.15, -0.1) is 11.8 Å². The summed E-state index contributed by atoms with van der Waals surface area (Å²) < 4.78 is 30.5. The van der Waals surface area contributed by atoms with Crippen molar-refractivity contribution in [1.82, 2.24) is 0 Å². The first kappa shape index (κ1) is 24.2. The average Bonchev–Trinajstić information content (AvgIpc) is 3.30. The summed E-state index contributed by atoms with van der Waals surface area (Å²) >= 11 is 0. The lowest BCUT2D eigenvalue weighted by molar-refractivity contribution is -0.289. The molecule has 0 aromatic carbocycles. The number of rotatable bonds is 8. The summed E-state index contributed by atoms with van der Waals surface area (Å²) in [5.41, 5.74) is 0. The van der Waals surface area contributed by atoms with Crippen molar-refractivity contribution in [2.24, 2.45) is 17.8 Å². The van der Waals surface area contributed by atoms with Gasteiger partial charge in [0.1, 0.15) is 6.10 Å². The first-order chi connectivity index (χ1) is 15.6. The summed E-state index contributed by atoms with van der Waals surface area (Å²) in [6.45, 7) is 5.58. The van der Waals surface area contributed by atoms with Crippen LogP contribution in [-0.2, 0) is 23.7 Å². The van der Waals surface area contributed by atoms with E-state index in [1.807, 2.05) is 6.92 Å². The monoisotopic (exact) mass is 448 g/mol. The minimum Gasteiger partial charge on any atom is -0.368 e. The normalized spacial score (nSPS) is 40.7. The van der Waals surface area contributed by atoms with Crippen molar-refractivity contribution < 1.29 is 28.8 Å². The number of fused-ring (bicyclic) bond motifs is 1. The SMILES string of the molecule is CC#CCCC(C)C=C[C@@H]1[C@H]2CC(O)O[C@H]2C[C@H]1OC1OCCCC1OC1CCCCO1. The van der Waals surface area contributed by atoms with E-state index in [2.05, 4.69) is 30.9 Å². The Bertz CT molecular complexity index is 663. The van der Waals surface area contributed by atoms with Crippen molar-refractivity contribution in [2.45, 2.75) is 109 Å². The number of ether oxygens (including phenoxy) is 5. The predicted molar refractivity (Wildman–Crippen MR) is 120 cm³/mol. The minimum absolute atomic E-state index is 0.00198. The van der Waals surface area contributed by atoms with E-state index >= 15 is 0 Å². The first-order valence-electron chi connectivity index (χ1n) is 12.6. The van der Waals surface area contributed by atoms with Crippen LogP contribution < -0.4 is 0 Å². The molecule has 0 aromatic heterocycles. The van der Waals surface area contributed by atoms with Crippen molar-refractivity contribution in [3.8, 4) is 11.8 Å². The van der Waals surface area contributed by atoms with E-state index < -0.39 is 6.29 Å². The molecule has 0 aromatic rings. The zero-order valence-corrected chi connectivity index (χ0v) is 19.6. The lowest BCUT2D eigenvalue weighted by Gasteiger charge is -2.37. The van der Waals surface area contributed by atoms with Crippen molar-refractivity contribution >= 4 is 0 Å². The summed E-state index contributed by atoms with van der Waals surface area (Å²) in [5, 5.41) is 10.0. The second-order valence-corrected chi connectivity index (χ2v) is 9.70. The van der Waals surface area contributed by atoms with Crippen LogP contribution in [0.15, 0.2) is 12.2 Å². The maximum absolute atomic E-state index is 10.0. The first-order valence-corrected chi connectivity index (χ1v) is 12.6. The topological polar surface area (TPSA) is 66.4 Å². The van der Waals surface area contributed by atoms with Crippen molar-refractivity contribution in [1.29, 1.82) is 0 Å². The molecule has 4 fully saturated rings. The Morgan fingerprint density at radius 3 is 2.75 bits per heavy atom. The van der Waals surface area contributed by atoms with Gasteiger partial charge in [0.2, 0.25) is 0 Å². The highest BCUT2D eigenvalue weighted by molar-refractivity contribution is 5.07. The van der Waals surface area contributed by atoms with Crippen LogP contribution in [0.4, 0.5) is 0 Å². The molecule has 6 heteroatoms. The van der Waals surface area contributed by atoms with Crippen molar-refractivity contribution in [2.75, 3.05) is 13.2 Å². The van der Waals surface area contributed by atoms with E-state index in [1.54, 1.807) is 0 Å². The summed E-state index contributed by atoms with van der Waals surface area (Å²) in [4.78, 5) is 0. The van der Waals surface area contributed by atoms with Crippen LogP contribution in [-0.4, -0.2) is 55.5 Å². The molecule has 4 rings (SSSR count). The molecule has 0 spiro atoms. The van der Waals surface area contributed by atoms with Gasteiger partial charge in [-0.25, -0.2) is 0 Å². The largest absolute Gasteiger partial charge is 0.368 e. The highest BCUT2D eigenvalue weighted by atomic mass is 16.7. The van der Waals surface area contributed by atoms with Gasteiger partial charge in [0, 0.05) is 38.4 Å². The molecular formula is C26H40O6. The molecular weight excluding hydrogens is 408 g/mol. The van der Waals surface area contributed by atoms with E-state index in [-0.39, 0.29) is 42.7 Å². The van der Waals surface area contributed by atoms with Crippen LogP contribution in [0.25, 0.3) is 0 Å². The van der Waals surface area contributed by atoms with Crippen molar-refractivity contribution in [3.63, 3.8) is 0 Å². The van der Waals surface area contributed by atoms with Gasteiger partial charge in [0.05, 0.1) is 12.2 Å². The second kappa shape index (κ2) is 12.0. The smallest absolute Gasteiger partial charge is 0.184 e. The van der Waals surface area contributed by atoms with Crippen molar-refractivity contribution in [3.05, 3.63) is 12.2 Å². The van der Waals surface area contributed by atoms with Crippen LogP contribution in [0.2, 0.25) is 0 Å². The summed E-state index contributed by atoms with van der Waals surface area (Å²) in [5.74, 6) is 7.05. The average molecular weight is 449 g/mol. The van der Waals surface area contributed by atoms with E-state index in [1.165, 1.54) is 0 Å². The molecule has 32 heavy (non-hydrogen) atoms. The third-order valence-corrected chi connectivity index (χ3v) is 7.23. The maximum atomic E-state index is 10.0. The predicted octanol–water partition coefficient (Wildman–Crippen LogP) is 4.16. The number of aliphatic hydroxyl groups excluding tert-OH is 1. The number of allylic oxidation sites excluding steroid dienone is 1. The third-order valence-electron chi connectivity index (χ3n) is 7.23. The van der Waals surface area contributed by atoms with E-state index in [0.717, 1.165) is 58.0 Å². The molecule has 1 saturated carbocycles. The van der Waals surface area contributed by atoms with Crippen LogP contribution in [0.5, 0.6) is 0 Å². The van der Waals surface area contributed by atoms with Gasteiger partial charge in [0.15, 0.2) is 18.9 Å². The fourth-order valence-electron chi connectivity index (χ4n) is 5.46. The van der Waals surface area contributed by atoms with Gasteiger partial charge >= 0.3 is 0 Å². The van der Waals surface area contributed by atoms with Crippen LogP contribution >= 0.6 is 0 Å². The molecule has 180 valence electrons. The number of aliphatic hydroxyl groups is 1. The lowest BCUT2D eigenvalue weighted by atomic mass is 9.90. The molecule has 3 saturated heterocycles. The highest BCUT2D eigenvalue weighted by Gasteiger charge is 2.50. The highest BCUT2D eigenvalue weighted by Crippen LogP contribution is 2.45. The van der Waals surface area contributed by atoms with Gasteiger partial charge in [0.25, 0.3) is 0 Å². The van der Waals surface area contributed by atoms with Gasteiger partial charge in [-0.05, 0) is 57.3 Å². The molecule has 6 nitrogen and oxygen atoms in total. The molecule has 3 heterocycles.